The summed E-state index contributed by atoms with van der Waals surface area (Å²) in [7, 11) is 2.84. The molecule has 1 aliphatic rings. The number of aromatic nitrogens is 3. The van der Waals surface area contributed by atoms with Crippen molar-refractivity contribution < 1.29 is 5.11 Å². The van der Waals surface area contributed by atoms with Crippen LogP contribution in [-0.4, -0.2) is 25.8 Å². The van der Waals surface area contributed by atoms with Gasteiger partial charge < -0.3 is 15.4 Å². The predicted octanol–water partition coefficient (Wildman–Crippen LogP) is 1.16. The molecule has 0 saturated carbocycles. The fourth-order valence-electron chi connectivity index (χ4n) is 3.56. The summed E-state index contributed by atoms with van der Waals surface area (Å²) >= 11 is 6.12. The van der Waals surface area contributed by atoms with Crippen LogP contribution in [0.5, 0.6) is 5.88 Å². The molecule has 8 heteroatoms. The number of benzene rings is 1. The highest BCUT2D eigenvalue weighted by atomic mass is 35.5. The van der Waals surface area contributed by atoms with Gasteiger partial charge in [-0.25, -0.2) is 4.79 Å². The van der Waals surface area contributed by atoms with Crippen molar-refractivity contribution >= 4 is 22.5 Å². The van der Waals surface area contributed by atoms with E-state index in [1.807, 2.05) is 12.1 Å². The lowest BCUT2D eigenvalue weighted by atomic mass is 9.95. The Morgan fingerprint density at radius 1 is 1.24 bits per heavy atom. The van der Waals surface area contributed by atoms with E-state index in [0.29, 0.717) is 11.6 Å². The molecule has 0 spiro atoms. The van der Waals surface area contributed by atoms with Crippen molar-refractivity contribution in [2.24, 2.45) is 14.1 Å². The SMILES string of the molecule is Cn1c(O)c([C@@H]2NCCc3c2[nH]c2ccc(Cl)cc32)c(=O)n(C)c1=O. The number of fused-ring (bicyclic) bond motifs is 3. The van der Waals surface area contributed by atoms with E-state index in [1.54, 1.807) is 6.07 Å². The highest BCUT2D eigenvalue weighted by molar-refractivity contribution is 6.31. The number of halogens is 1. The largest absolute Gasteiger partial charge is 0.494 e. The smallest absolute Gasteiger partial charge is 0.333 e. The molecular formula is C17H17ClN4O3. The monoisotopic (exact) mass is 360 g/mol. The Bertz CT molecular complexity index is 1130. The molecule has 2 aromatic heterocycles. The van der Waals surface area contributed by atoms with Gasteiger partial charge in [-0.15, -0.1) is 0 Å². The molecule has 130 valence electrons. The molecule has 0 bridgehead atoms. The number of nitrogens with zero attached hydrogens (tertiary/aromatic N) is 2. The minimum absolute atomic E-state index is 0.156. The van der Waals surface area contributed by atoms with E-state index in [2.05, 4.69) is 10.3 Å². The quantitative estimate of drug-likeness (QED) is 0.607. The zero-order chi connectivity index (χ0) is 17.9. The molecule has 0 fully saturated rings. The summed E-state index contributed by atoms with van der Waals surface area (Å²) in [6.45, 7) is 0.641. The van der Waals surface area contributed by atoms with E-state index >= 15 is 0 Å². The Labute approximate surface area is 147 Å². The normalized spacial score (nSPS) is 17.0. The average molecular weight is 361 g/mol. The summed E-state index contributed by atoms with van der Waals surface area (Å²) in [6, 6.07) is 5.07. The molecule has 1 aliphatic heterocycles. The molecule has 0 unspecified atom stereocenters. The van der Waals surface area contributed by atoms with Gasteiger partial charge in [0.05, 0.1) is 6.04 Å². The Morgan fingerprint density at radius 3 is 2.76 bits per heavy atom. The second kappa shape index (κ2) is 5.50. The number of nitrogens with one attached hydrogen (secondary N) is 2. The lowest BCUT2D eigenvalue weighted by Gasteiger charge is -2.25. The van der Waals surface area contributed by atoms with Gasteiger partial charge in [0.15, 0.2) is 0 Å². The zero-order valence-corrected chi connectivity index (χ0v) is 14.5. The number of rotatable bonds is 1. The molecule has 4 rings (SSSR count). The van der Waals surface area contributed by atoms with Crippen molar-refractivity contribution in [2.75, 3.05) is 6.54 Å². The molecule has 7 nitrogen and oxygen atoms in total. The van der Waals surface area contributed by atoms with E-state index in [4.69, 9.17) is 11.6 Å². The standard InChI is InChI=1S/C17H17ClN4O3/c1-21-15(23)12(16(24)22(2)17(21)25)14-13-9(5-6-19-14)10-7-8(18)3-4-11(10)20-13/h3-4,7,14,19-20,23H,5-6H2,1-2H3/t14-/m0/s1. The molecule has 3 aromatic rings. The first-order chi connectivity index (χ1) is 11.9. The molecule has 0 aliphatic carbocycles. The van der Waals surface area contributed by atoms with Crippen LogP contribution in [0.15, 0.2) is 27.8 Å². The zero-order valence-electron chi connectivity index (χ0n) is 13.8. The van der Waals surface area contributed by atoms with Crippen LogP contribution in [0.1, 0.15) is 22.9 Å². The van der Waals surface area contributed by atoms with Crippen molar-refractivity contribution in [1.29, 1.82) is 0 Å². The molecule has 0 amide bonds. The maximum atomic E-state index is 12.7. The number of aromatic hydroxyl groups is 1. The number of hydrogen-bond donors (Lipinski definition) is 3. The Morgan fingerprint density at radius 2 is 2.00 bits per heavy atom. The van der Waals surface area contributed by atoms with Crippen LogP contribution in [0.25, 0.3) is 10.9 Å². The number of hydrogen-bond acceptors (Lipinski definition) is 4. The average Bonchev–Trinajstić information content (AvgIpc) is 2.97. The maximum Gasteiger partial charge on any atom is 0.333 e. The van der Waals surface area contributed by atoms with Crippen LogP contribution in [0.3, 0.4) is 0 Å². The molecule has 3 heterocycles. The third-order valence-electron chi connectivity index (χ3n) is 4.87. The highest BCUT2D eigenvalue weighted by Crippen LogP contribution is 2.35. The Hall–Kier alpha value is -2.51. The third-order valence-corrected chi connectivity index (χ3v) is 5.10. The van der Waals surface area contributed by atoms with E-state index < -0.39 is 17.3 Å². The van der Waals surface area contributed by atoms with E-state index in [0.717, 1.165) is 37.7 Å². The lowest BCUT2D eigenvalue weighted by Crippen LogP contribution is -2.42. The fourth-order valence-corrected chi connectivity index (χ4v) is 3.73. The van der Waals surface area contributed by atoms with E-state index in [-0.39, 0.29) is 11.4 Å². The summed E-state index contributed by atoms with van der Waals surface area (Å²) in [5.74, 6) is -0.324. The van der Waals surface area contributed by atoms with Gasteiger partial charge in [0.1, 0.15) is 5.56 Å². The number of aromatic amines is 1. The molecule has 1 aromatic carbocycles. The predicted molar refractivity (Wildman–Crippen MR) is 95.4 cm³/mol. The van der Waals surface area contributed by atoms with Gasteiger partial charge in [0.25, 0.3) is 5.56 Å². The van der Waals surface area contributed by atoms with Crippen LogP contribution < -0.4 is 16.6 Å². The van der Waals surface area contributed by atoms with Crippen LogP contribution in [0.2, 0.25) is 5.02 Å². The van der Waals surface area contributed by atoms with Crippen LogP contribution in [0, 0.1) is 0 Å². The van der Waals surface area contributed by atoms with Gasteiger partial charge in [-0.05, 0) is 30.2 Å². The second-order valence-corrected chi connectivity index (χ2v) is 6.72. The summed E-state index contributed by atoms with van der Waals surface area (Å²) < 4.78 is 2.08. The Kier molecular flexibility index (Phi) is 3.52. The van der Waals surface area contributed by atoms with Gasteiger partial charge in [0, 0.05) is 42.3 Å². The summed E-state index contributed by atoms with van der Waals surface area (Å²) in [4.78, 5) is 28.0. The lowest BCUT2D eigenvalue weighted by molar-refractivity contribution is 0.391. The second-order valence-electron chi connectivity index (χ2n) is 6.29. The third kappa shape index (κ3) is 2.23. The van der Waals surface area contributed by atoms with Crippen LogP contribution in [0.4, 0.5) is 0 Å². The Balaban J connectivity index is 2.01. The fraction of sp³-hybridized carbons (Fsp3) is 0.294. The van der Waals surface area contributed by atoms with E-state index in [9.17, 15) is 14.7 Å². The minimum Gasteiger partial charge on any atom is -0.494 e. The molecule has 3 N–H and O–H groups in total. The summed E-state index contributed by atoms with van der Waals surface area (Å²) in [5.41, 5.74) is 1.88. The van der Waals surface area contributed by atoms with Gasteiger partial charge in [-0.2, -0.15) is 0 Å². The summed E-state index contributed by atoms with van der Waals surface area (Å²) in [5, 5.41) is 15.4. The minimum atomic E-state index is -0.564. The highest BCUT2D eigenvalue weighted by Gasteiger charge is 2.31. The van der Waals surface area contributed by atoms with Crippen molar-refractivity contribution in [3.8, 4) is 5.88 Å². The van der Waals surface area contributed by atoms with Gasteiger partial charge in [-0.1, -0.05) is 11.6 Å². The summed E-state index contributed by atoms with van der Waals surface area (Å²) in [6.07, 6.45) is 0.777. The van der Waals surface area contributed by atoms with Crippen molar-refractivity contribution in [2.45, 2.75) is 12.5 Å². The van der Waals surface area contributed by atoms with Gasteiger partial charge >= 0.3 is 5.69 Å². The molecular weight excluding hydrogens is 344 g/mol. The first kappa shape index (κ1) is 16.0. The van der Waals surface area contributed by atoms with Crippen molar-refractivity contribution in [1.82, 2.24) is 19.4 Å². The number of H-pyrrole nitrogens is 1. The molecule has 0 radical (unpaired) electrons. The molecule has 1 atom stereocenters. The maximum absolute atomic E-state index is 12.7. The van der Waals surface area contributed by atoms with Crippen LogP contribution >= 0.6 is 11.6 Å². The van der Waals surface area contributed by atoms with Crippen LogP contribution in [-0.2, 0) is 20.5 Å². The van der Waals surface area contributed by atoms with Gasteiger partial charge in [-0.3, -0.25) is 13.9 Å². The van der Waals surface area contributed by atoms with E-state index in [1.165, 1.54) is 14.1 Å². The first-order valence-electron chi connectivity index (χ1n) is 7.92. The first-order valence-corrected chi connectivity index (χ1v) is 8.30. The molecule has 25 heavy (non-hydrogen) atoms. The molecule has 0 saturated heterocycles. The van der Waals surface area contributed by atoms with Gasteiger partial charge in [0.2, 0.25) is 5.88 Å². The topological polar surface area (TPSA) is 92.0 Å². The van der Waals surface area contributed by atoms with Crippen molar-refractivity contribution in [3.63, 3.8) is 0 Å². The van der Waals surface area contributed by atoms with Crippen molar-refractivity contribution in [3.05, 3.63) is 60.9 Å².